The molecule has 1 rings (SSSR count). The molecule has 0 radical (unpaired) electrons. The van der Waals surface area contributed by atoms with Crippen LogP contribution in [0.4, 0.5) is 74.6 Å². The molecule has 19 heteroatoms. The number of rotatable bonds is 11. The van der Waals surface area contributed by atoms with Gasteiger partial charge in [-0.05, 0) is 26.3 Å². The summed E-state index contributed by atoms with van der Waals surface area (Å²) in [4.78, 5) is 9.09. The first kappa shape index (κ1) is 35.0. The molecule has 1 unspecified atom stereocenters. The number of benzene rings is 1. The highest BCUT2D eigenvalue weighted by atomic mass is 19.4. The van der Waals surface area contributed by atoms with Crippen molar-refractivity contribution in [3.8, 4) is 0 Å². The van der Waals surface area contributed by atoms with E-state index in [-0.39, 0.29) is 0 Å². The molecule has 0 aliphatic heterocycles. The summed E-state index contributed by atoms with van der Waals surface area (Å²) in [6.45, 7) is 3.57. The SMILES string of the molecule is CC(C)(C)OOC(CC(F)(F)C(F)(F)C(F)(F)C(F)(F)C(F)(F)C(F)(F)C(F)(F)C(F)(F)F)c1ccccc1. The summed E-state index contributed by atoms with van der Waals surface area (Å²) in [7, 11) is 0. The van der Waals surface area contributed by atoms with Gasteiger partial charge in [0, 0.05) is 0 Å². The van der Waals surface area contributed by atoms with Crippen LogP contribution in [0.5, 0.6) is 0 Å². The van der Waals surface area contributed by atoms with Gasteiger partial charge in [-0.1, -0.05) is 30.3 Å². The highest BCUT2D eigenvalue weighted by molar-refractivity contribution is 5.20. The first-order valence-electron chi connectivity index (χ1n) is 10.0. The molecule has 0 aliphatic rings. The van der Waals surface area contributed by atoms with Gasteiger partial charge in [0.05, 0.1) is 12.0 Å². The van der Waals surface area contributed by atoms with Crippen LogP contribution in [-0.4, -0.2) is 53.2 Å². The second kappa shape index (κ2) is 10.1. The molecular weight excluding hydrogens is 595 g/mol. The van der Waals surface area contributed by atoms with E-state index in [4.69, 9.17) is 0 Å². The van der Waals surface area contributed by atoms with Crippen molar-refractivity contribution in [1.29, 1.82) is 0 Å². The van der Waals surface area contributed by atoms with Crippen LogP contribution in [-0.2, 0) is 9.78 Å². The first-order chi connectivity index (χ1) is 16.9. The fraction of sp³-hybridized carbons (Fsp3) is 0.700. The molecule has 0 aliphatic carbocycles. The number of hydrogen-bond donors (Lipinski definition) is 0. The highest BCUT2D eigenvalue weighted by Gasteiger charge is 2.95. The molecule has 228 valence electrons. The molecule has 0 fully saturated rings. The third kappa shape index (κ3) is 5.88. The van der Waals surface area contributed by atoms with Crippen molar-refractivity contribution in [3.63, 3.8) is 0 Å². The van der Waals surface area contributed by atoms with Gasteiger partial charge in [-0.15, -0.1) is 0 Å². The Labute approximate surface area is 208 Å². The fourth-order valence-electron chi connectivity index (χ4n) is 2.63. The van der Waals surface area contributed by atoms with E-state index >= 15 is 0 Å². The number of alkyl halides is 17. The number of hydrogen-bond acceptors (Lipinski definition) is 2. The van der Waals surface area contributed by atoms with E-state index in [1.807, 2.05) is 0 Å². The van der Waals surface area contributed by atoms with Crippen molar-refractivity contribution in [3.05, 3.63) is 35.9 Å². The minimum absolute atomic E-state index is 0.575. The maximum Gasteiger partial charge on any atom is 0.460 e. The van der Waals surface area contributed by atoms with Crippen LogP contribution < -0.4 is 0 Å². The van der Waals surface area contributed by atoms with Crippen molar-refractivity contribution in [1.82, 2.24) is 0 Å². The van der Waals surface area contributed by atoms with Gasteiger partial charge in [0.15, 0.2) is 0 Å². The maximum atomic E-state index is 14.4. The van der Waals surface area contributed by atoms with E-state index in [0.29, 0.717) is 0 Å². The minimum atomic E-state index is -8.67. The lowest BCUT2D eigenvalue weighted by atomic mass is 9.87. The van der Waals surface area contributed by atoms with E-state index in [0.717, 1.165) is 24.3 Å². The topological polar surface area (TPSA) is 18.5 Å². The van der Waals surface area contributed by atoms with Gasteiger partial charge in [-0.25, -0.2) is 9.78 Å². The zero-order valence-corrected chi connectivity index (χ0v) is 19.4. The van der Waals surface area contributed by atoms with E-state index in [1.165, 1.54) is 26.8 Å². The van der Waals surface area contributed by atoms with Gasteiger partial charge < -0.3 is 0 Å². The average molecular weight is 612 g/mol. The molecule has 2 nitrogen and oxygen atoms in total. The molecule has 1 aromatic rings. The molecule has 0 heterocycles. The van der Waals surface area contributed by atoms with Gasteiger partial charge in [-0.2, -0.15) is 74.6 Å². The van der Waals surface area contributed by atoms with Crippen molar-refractivity contribution >= 4 is 0 Å². The summed E-state index contributed by atoms with van der Waals surface area (Å²) in [6.07, 6.45) is -13.2. The monoisotopic (exact) mass is 612 g/mol. The summed E-state index contributed by atoms with van der Waals surface area (Å²) >= 11 is 0. The van der Waals surface area contributed by atoms with Crippen LogP contribution >= 0.6 is 0 Å². The predicted molar refractivity (Wildman–Crippen MR) is 96.4 cm³/mol. The summed E-state index contributed by atoms with van der Waals surface area (Å²) in [5, 5.41) is 0. The second-order valence-electron chi connectivity index (χ2n) is 9.04. The Morgan fingerprint density at radius 1 is 0.538 bits per heavy atom. The molecule has 0 amide bonds. The Kier molecular flexibility index (Phi) is 9.05. The Balaban J connectivity index is 3.61. The van der Waals surface area contributed by atoms with Gasteiger partial charge in [-0.3, -0.25) is 0 Å². The molecule has 0 aromatic heterocycles. The summed E-state index contributed by atoms with van der Waals surface area (Å²) in [5.41, 5.74) is -1.99. The zero-order valence-electron chi connectivity index (χ0n) is 19.4. The van der Waals surface area contributed by atoms with Crippen LogP contribution in [0, 0.1) is 0 Å². The van der Waals surface area contributed by atoms with E-state index in [9.17, 15) is 74.6 Å². The Bertz CT molecular complexity index is 965. The third-order valence-corrected chi connectivity index (χ3v) is 4.81. The van der Waals surface area contributed by atoms with Crippen LogP contribution in [0.3, 0.4) is 0 Å². The average Bonchev–Trinajstić information content (AvgIpc) is 2.74. The van der Waals surface area contributed by atoms with Crippen LogP contribution in [0.15, 0.2) is 30.3 Å². The van der Waals surface area contributed by atoms with Crippen molar-refractivity contribution in [2.24, 2.45) is 0 Å². The third-order valence-electron chi connectivity index (χ3n) is 4.81. The largest absolute Gasteiger partial charge is 0.460 e. The Morgan fingerprint density at radius 3 is 1.26 bits per heavy atom. The molecule has 0 spiro atoms. The van der Waals surface area contributed by atoms with Gasteiger partial charge in [0.1, 0.15) is 6.10 Å². The molecule has 0 saturated carbocycles. The normalized spacial score (nSPS) is 16.4. The van der Waals surface area contributed by atoms with E-state index in [1.54, 1.807) is 0 Å². The Hall–Kier alpha value is -2.05. The van der Waals surface area contributed by atoms with Crippen molar-refractivity contribution in [2.45, 2.75) is 86.5 Å². The minimum Gasteiger partial charge on any atom is -0.230 e. The van der Waals surface area contributed by atoms with Crippen molar-refractivity contribution < 1.29 is 84.4 Å². The second-order valence-corrected chi connectivity index (χ2v) is 9.04. The smallest absolute Gasteiger partial charge is 0.230 e. The molecule has 1 aromatic carbocycles. The van der Waals surface area contributed by atoms with Crippen LogP contribution in [0.2, 0.25) is 0 Å². The molecular formula is C20H17F17O2. The fourth-order valence-corrected chi connectivity index (χ4v) is 2.63. The van der Waals surface area contributed by atoms with Gasteiger partial charge in [0.25, 0.3) is 0 Å². The summed E-state index contributed by atoms with van der Waals surface area (Å²) in [6, 6.07) is 4.99. The molecule has 0 N–H and O–H groups in total. The quantitative estimate of drug-likeness (QED) is 0.141. The molecule has 1 atom stereocenters. The lowest BCUT2D eigenvalue weighted by molar-refractivity contribution is -0.463. The zero-order chi connectivity index (χ0) is 31.3. The lowest BCUT2D eigenvalue weighted by Gasteiger charge is -2.43. The molecule has 0 saturated heterocycles. The Morgan fingerprint density at radius 2 is 0.897 bits per heavy atom. The van der Waals surface area contributed by atoms with Gasteiger partial charge in [0.2, 0.25) is 0 Å². The van der Waals surface area contributed by atoms with Gasteiger partial charge >= 0.3 is 47.6 Å². The standard InChI is InChI=1S/C20H17F17O2/c1-12(2,3)39-38-11(10-7-5-4-6-8-10)9-13(21,22)14(23,24)15(25,26)16(27,28)17(29,30)18(31,32)19(33,34)20(35,36)37/h4-8,11H,9H2,1-3H3. The van der Waals surface area contributed by atoms with Crippen LogP contribution in [0.1, 0.15) is 38.9 Å². The van der Waals surface area contributed by atoms with Crippen LogP contribution in [0.25, 0.3) is 0 Å². The lowest BCUT2D eigenvalue weighted by Crippen LogP contribution is -2.74. The maximum absolute atomic E-state index is 14.4. The molecule has 39 heavy (non-hydrogen) atoms. The number of halogens is 17. The first-order valence-corrected chi connectivity index (χ1v) is 10.0. The summed E-state index contributed by atoms with van der Waals surface area (Å²) < 4.78 is 229. The predicted octanol–water partition coefficient (Wildman–Crippen LogP) is 8.87. The molecule has 0 bridgehead atoms. The van der Waals surface area contributed by atoms with Crippen molar-refractivity contribution in [2.75, 3.05) is 0 Å². The highest BCUT2D eigenvalue weighted by Crippen LogP contribution is 2.64. The van der Waals surface area contributed by atoms with E-state index < -0.39 is 71.3 Å². The van der Waals surface area contributed by atoms with E-state index in [2.05, 4.69) is 9.78 Å². The summed E-state index contributed by atoms with van der Waals surface area (Å²) in [5.74, 6) is -56.8.